The van der Waals surface area contributed by atoms with Crippen LogP contribution in [0.4, 0.5) is 13.2 Å². The van der Waals surface area contributed by atoms with E-state index in [1.165, 1.54) is 17.0 Å². The number of carboxylic acid groups (broad SMARTS) is 1. The van der Waals surface area contributed by atoms with Crippen molar-refractivity contribution >= 4 is 11.9 Å². The van der Waals surface area contributed by atoms with Crippen LogP contribution in [0.15, 0.2) is 84.9 Å². The third-order valence-corrected chi connectivity index (χ3v) is 7.13. The summed E-state index contributed by atoms with van der Waals surface area (Å²) < 4.78 is 40.8. The Balaban J connectivity index is 1.48. The number of fused-ring (bicyclic) bond motifs is 1. The van der Waals surface area contributed by atoms with Gasteiger partial charge in [-0.1, -0.05) is 72.8 Å². The summed E-state index contributed by atoms with van der Waals surface area (Å²) >= 11 is 0. The largest absolute Gasteiger partial charge is 0.480 e. The Labute approximate surface area is 223 Å². The number of carboxylic acids is 1. The van der Waals surface area contributed by atoms with E-state index in [1.54, 1.807) is 6.92 Å². The van der Waals surface area contributed by atoms with Gasteiger partial charge in [0.25, 0.3) is 0 Å². The number of amides is 1. The molecule has 1 unspecified atom stereocenters. The number of aryl methyl sites for hydroxylation is 1. The molecule has 2 heterocycles. The summed E-state index contributed by atoms with van der Waals surface area (Å²) in [5, 5.41) is 10.2. The number of aliphatic carboxylic acids is 1. The van der Waals surface area contributed by atoms with E-state index >= 15 is 0 Å². The van der Waals surface area contributed by atoms with Crippen molar-refractivity contribution in [3.8, 4) is 0 Å². The lowest BCUT2D eigenvalue weighted by atomic mass is 9.88. The number of hydrogen-bond acceptors (Lipinski definition) is 3. The molecule has 3 aromatic carbocycles. The van der Waals surface area contributed by atoms with E-state index in [0.29, 0.717) is 22.8 Å². The van der Waals surface area contributed by atoms with E-state index in [-0.39, 0.29) is 25.4 Å². The number of carbonyl (C=O) groups excluding carboxylic acids is 1. The Morgan fingerprint density at radius 2 is 1.51 bits per heavy atom. The SMILES string of the molecule is Cc1nc2c(n1Cc1ccc(C(F)(F)F)cc1)CC(C(=O)O)N(C(=O)C(c1ccccc1)c1ccccc1)C2. The number of imidazole rings is 1. The molecular formula is C30H26F3N3O3. The zero-order valence-electron chi connectivity index (χ0n) is 21.1. The van der Waals surface area contributed by atoms with Crippen LogP contribution in [0.25, 0.3) is 0 Å². The van der Waals surface area contributed by atoms with Crippen LogP contribution < -0.4 is 0 Å². The van der Waals surface area contributed by atoms with E-state index < -0.39 is 29.7 Å². The van der Waals surface area contributed by atoms with Gasteiger partial charge in [0.05, 0.1) is 23.7 Å². The summed E-state index contributed by atoms with van der Waals surface area (Å²) in [5.74, 6) is -1.55. The van der Waals surface area contributed by atoms with Crippen molar-refractivity contribution in [2.75, 3.05) is 0 Å². The second-order valence-electron chi connectivity index (χ2n) is 9.61. The molecule has 0 saturated carbocycles. The quantitative estimate of drug-likeness (QED) is 0.359. The van der Waals surface area contributed by atoms with Crippen molar-refractivity contribution in [3.63, 3.8) is 0 Å². The fourth-order valence-corrected chi connectivity index (χ4v) is 5.17. The van der Waals surface area contributed by atoms with Crippen molar-refractivity contribution < 1.29 is 27.9 Å². The molecule has 200 valence electrons. The Hall–Kier alpha value is -4.40. The number of rotatable bonds is 6. The predicted octanol–water partition coefficient (Wildman–Crippen LogP) is 5.43. The molecular weight excluding hydrogens is 507 g/mol. The van der Waals surface area contributed by atoms with Gasteiger partial charge in [0, 0.05) is 18.7 Å². The minimum absolute atomic E-state index is 0.0160. The van der Waals surface area contributed by atoms with Crippen LogP contribution in [0.2, 0.25) is 0 Å². The third kappa shape index (κ3) is 5.30. The normalized spacial score (nSPS) is 15.3. The molecule has 5 rings (SSSR count). The number of benzene rings is 3. The maximum Gasteiger partial charge on any atom is 0.416 e. The summed E-state index contributed by atoms with van der Waals surface area (Å²) in [6.07, 6.45) is -4.39. The number of halogens is 3. The van der Waals surface area contributed by atoms with Crippen LogP contribution in [0, 0.1) is 6.92 Å². The van der Waals surface area contributed by atoms with Crippen molar-refractivity contribution in [1.29, 1.82) is 0 Å². The summed E-state index contributed by atoms with van der Waals surface area (Å²) in [4.78, 5) is 32.5. The number of carbonyl (C=O) groups is 2. The first-order valence-corrected chi connectivity index (χ1v) is 12.5. The Morgan fingerprint density at radius 3 is 2.03 bits per heavy atom. The van der Waals surface area contributed by atoms with Gasteiger partial charge < -0.3 is 14.6 Å². The molecule has 9 heteroatoms. The van der Waals surface area contributed by atoms with Gasteiger partial charge in [-0.2, -0.15) is 13.2 Å². The zero-order chi connectivity index (χ0) is 27.7. The highest BCUT2D eigenvalue weighted by molar-refractivity contribution is 5.91. The lowest BCUT2D eigenvalue weighted by Crippen LogP contribution is -2.50. The van der Waals surface area contributed by atoms with Crippen LogP contribution in [0.3, 0.4) is 0 Å². The van der Waals surface area contributed by atoms with E-state index in [9.17, 15) is 27.9 Å². The molecule has 0 radical (unpaired) electrons. The van der Waals surface area contributed by atoms with E-state index in [4.69, 9.17) is 0 Å². The standard InChI is InChI=1S/C30H26F3N3O3/c1-19-34-24-18-36(28(37)27(21-8-4-2-5-9-21)22-10-6-3-7-11-22)26(29(38)39)16-25(24)35(19)17-20-12-14-23(15-13-20)30(31,32)33/h2-15,26-27H,16-18H2,1H3,(H,38,39). The summed E-state index contributed by atoms with van der Waals surface area (Å²) in [6.45, 7) is 2.02. The van der Waals surface area contributed by atoms with Crippen molar-refractivity contribution in [3.05, 3.63) is 124 Å². The first kappa shape index (κ1) is 26.2. The van der Waals surface area contributed by atoms with E-state index in [1.807, 2.05) is 65.2 Å². The zero-order valence-corrected chi connectivity index (χ0v) is 21.1. The molecule has 0 bridgehead atoms. The Kier molecular flexibility index (Phi) is 6.99. The minimum atomic E-state index is -4.43. The second kappa shape index (κ2) is 10.4. The fourth-order valence-electron chi connectivity index (χ4n) is 5.17. The average molecular weight is 534 g/mol. The molecule has 6 nitrogen and oxygen atoms in total. The summed E-state index contributed by atoms with van der Waals surface area (Å²) in [7, 11) is 0. The van der Waals surface area contributed by atoms with Crippen molar-refractivity contribution in [1.82, 2.24) is 14.5 Å². The summed E-state index contributed by atoms with van der Waals surface area (Å²) in [6, 6.07) is 22.2. The molecule has 1 aromatic heterocycles. The van der Waals surface area contributed by atoms with Crippen LogP contribution in [-0.4, -0.2) is 37.5 Å². The van der Waals surface area contributed by atoms with Gasteiger partial charge in [-0.15, -0.1) is 0 Å². The molecule has 0 saturated heterocycles. The molecule has 1 aliphatic heterocycles. The second-order valence-corrected chi connectivity index (χ2v) is 9.61. The number of nitrogens with zero attached hydrogens (tertiary/aromatic N) is 3. The molecule has 0 fully saturated rings. The van der Waals surface area contributed by atoms with Gasteiger partial charge in [0.15, 0.2) is 0 Å². The van der Waals surface area contributed by atoms with Gasteiger partial charge >= 0.3 is 12.1 Å². The van der Waals surface area contributed by atoms with Gasteiger partial charge in [-0.25, -0.2) is 9.78 Å². The van der Waals surface area contributed by atoms with Gasteiger partial charge in [-0.05, 0) is 35.7 Å². The van der Waals surface area contributed by atoms with Crippen molar-refractivity contribution in [2.45, 2.75) is 44.6 Å². The topological polar surface area (TPSA) is 75.4 Å². The Morgan fingerprint density at radius 1 is 0.949 bits per heavy atom. The number of hydrogen-bond donors (Lipinski definition) is 1. The first-order valence-electron chi connectivity index (χ1n) is 12.5. The van der Waals surface area contributed by atoms with Crippen LogP contribution in [-0.2, 0) is 35.3 Å². The highest BCUT2D eigenvalue weighted by Crippen LogP contribution is 2.33. The Bertz CT molecular complexity index is 1440. The molecule has 1 N–H and O–H groups in total. The van der Waals surface area contributed by atoms with E-state index in [2.05, 4.69) is 4.98 Å². The van der Waals surface area contributed by atoms with Crippen LogP contribution in [0.1, 0.15) is 45.4 Å². The van der Waals surface area contributed by atoms with Crippen LogP contribution in [0.5, 0.6) is 0 Å². The average Bonchev–Trinajstić information content (AvgIpc) is 3.22. The molecule has 39 heavy (non-hydrogen) atoms. The lowest BCUT2D eigenvalue weighted by Gasteiger charge is -2.35. The molecule has 1 amide bonds. The number of alkyl halides is 3. The van der Waals surface area contributed by atoms with E-state index in [0.717, 1.165) is 23.3 Å². The number of aromatic nitrogens is 2. The maximum atomic E-state index is 14.1. The minimum Gasteiger partial charge on any atom is -0.480 e. The first-order chi connectivity index (χ1) is 18.6. The fraction of sp³-hybridized carbons (Fsp3) is 0.233. The highest BCUT2D eigenvalue weighted by atomic mass is 19.4. The molecule has 0 aliphatic carbocycles. The van der Waals surface area contributed by atoms with Gasteiger partial charge in [0.1, 0.15) is 11.9 Å². The molecule has 1 aliphatic rings. The monoisotopic (exact) mass is 533 g/mol. The van der Waals surface area contributed by atoms with Crippen LogP contribution >= 0.6 is 0 Å². The summed E-state index contributed by atoms with van der Waals surface area (Å²) in [5.41, 5.74) is 2.66. The molecule has 0 spiro atoms. The van der Waals surface area contributed by atoms with Gasteiger partial charge in [0.2, 0.25) is 5.91 Å². The molecule has 4 aromatic rings. The maximum absolute atomic E-state index is 14.1. The van der Waals surface area contributed by atoms with Gasteiger partial charge in [-0.3, -0.25) is 4.79 Å². The third-order valence-electron chi connectivity index (χ3n) is 7.13. The smallest absolute Gasteiger partial charge is 0.416 e. The lowest BCUT2D eigenvalue weighted by molar-refractivity contribution is -0.151. The van der Waals surface area contributed by atoms with Crippen molar-refractivity contribution in [2.24, 2.45) is 0 Å². The molecule has 1 atom stereocenters. The predicted molar refractivity (Wildman–Crippen MR) is 138 cm³/mol. The highest BCUT2D eigenvalue weighted by Gasteiger charge is 2.40.